The number of ether oxygens (including phenoxy) is 1. The number of imidazole rings is 1. The smallest absolute Gasteiger partial charge is 0.435 e. The highest BCUT2D eigenvalue weighted by Crippen LogP contribution is 2.39. The molecule has 0 bridgehead atoms. The predicted octanol–water partition coefficient (Wildman–Crippen LogP) is 6.89. The molecule has 1 aliphatic rings. The fraction of sp³-hybridized carbons (Fsp3) is 0.414. The van der Waals surface area contributed by atoms with E-state index in [1.165, 1.54) is 0 Å². The van der Waals surface area contributed by atoms with Gasteiger partial charge in [-0.25, -0.2) is 13.8 Å². The maximum atomic E-state index is 13.9. The molecule has 0 aliphatic heterocycles. The zero-order valence-corrected chi connectivity index (χ0v) is 25.6. The number of alkyl halides is 11. The first-order valence-electron chi connectivity index (χ1n) is 14.8. The molecule has 2 amide bonds. The Morgan fingerprint density at radius 3 is 2.22 bits per heavy atom. The molecule has 5 N–H and O–H groups in total. The van der Waals surface area contributed by atoms with Crippen LogP contribution >= 0.6 is 0 Å². The van der Waals surface area contributed by atoms with Crippen LogP contribution in [0.3, 0.4) is 0 Å². The normalized spacial score (nSPS) is 17.1. The summed E-state index contributed by atoms with van der Waals surface area (Å²) in [6, 6.07) is 3.48. The number of H-pyrrole nitrogens is 2. The molecule has 1 fully saturated rings. The number of anilines is 2. The molecule has 1 aromatic carbocycles. The lowest BCUT2D eigenvalue weighted by molar-refractivity contribution is -0.182. The zero-order chi connectivity index (χ0) is 37.3. The summed E-state index contributed by atoms with van der Waals surface area (Å²) in [5.74, 6) is -4.45. The van der Waals surface area contributed by atoms with E-state index in [1.807, 2.05) is 5.10 Å². The van der Waals surface area contributed by atoms with Crippen LogP contribution in [0.2, 0.25) is 0 Å². The molecule has 0 saturated heterocycles. The van der Waals surface area contributed by atoms with Crippen molar-refractivity contribution in [1.82, 2.24) is 35.8 Å². The van der Waals surface area contributed by atoms with Gasteiger partial charge in [-0.1, -0.05) is 6.07 Å². The molecule has 4 aromatic rings. The van der Waals surface area contributed by atoms with E-state index >= 15 is 0 Å². The third-order valence-electron chi connectivity index (χ3n) is 7.76. The predicted molar refractivity (Wildman–Crippen MR) is 154 cm³/mol. The van der Waals surface area contributed by atoms with Gasteiger partial charge in [-0.2, -0.15) is 49.6 Å². The number of pyridine rings is 1. The average Bonchev–Trinajstić information content (AvgIpc) is 3.69. The summed E-state index contributed by atoms with van der Waals surface area (Å²) in [6.07, 6.45) is -17.6. The number of rotatable bonds is 10. The number of carbonyl (C=O) groups is 2. The molecule has 51 heavy (non-hydrogen) atoms. The second-order valence-corrected chi connectivity index (χ2v) is 11.4. The van der Waals surface area contributed by atoms with Gasteiger partial charge in [0.1, 0.15) is 16.8 Å². The minimum Gasteiger partial charge on any atom is -0.471 e. The van der Waals surface area contributed by atoms with Gasteiger partial charge in [0.2, 0.25) is 11.8 Å². The summed E-state index contributed by atoms with van der Waals surface area (Å²) in [7, 11) is 0. The van der Waals surface area contributed by atoms with E-state index in [4.69, 9.17) is 4.74 Å². The number of aromatic nitrogens is 5. The van der Waals surface area contributed by atoms with Crippen molar-refractivity contribution in [3.8, 4) is 5.88 Å². The summed E-state index contributed by atoms with van der Waals surface area (Å²) >= 11 is 0. The molecule has 3 heterocycles. The average molecular weight is 743 g/mol. The van der Waals surface area contributed by atoms with Gasteiger partial charge in [0.05, 0.1) is 17.2 Å². The van der Waals surface area contributed by atoms with E-state index in [0.717, 1.165) is 18.2 Å². The fourth-order valence-corrected chi connectivity index (χ4v) is 5.27. The molecule has 1 aliphatic carbocycles. The Bertz CT molecular complexity index is 1880. The minimum atomic E-state index is -4.92. The standard InChI is InChI=1S/C29H25F11N8O3/c30-21(31)11-51-25-15(23(49)42-14-4-2-13(3-5-14)27(32,33)34)8-18-22(45-25)46-26(44-18)43-17-7-12(1-6-16(17)28(35,36)37)10-41-24(50)19-9-20(48-47-19)29(38,39)40/h1,6-9,13-14,21H,2-5,10-11H2,(H,41,50)(H,42,49)(H,47,48)(H2,43,44,45,46)/t13-,14-. The van der Waals surface area contributed by atoms with E-state index in [9.17, 15) is 57.9 Å². The molecular weight excluding hydrogens is 717 g/mol. The van der Waals surface area contributed by atoms with Gasteiger partial charge in [0.25, 0.3) is 18.2 Å². The third kappa shape index (κ3) is 9.14. The molecule has 0 atom stereocenters. The van der Waals surface area contributed by atoms with Crippen molar-refractivity contribution in [2.75, 3.05) is 11.9 Å². The Morgan fingerprint density at radius 1 is 0.902 bits per heavy atom. The molecule has 3 aromatic heterocycles. The number of halogens is 11. The van der Waals surface area contributed by atoms with Crippen LogP contribution in [0.5, 0.6) is 5.88 Å². The van der Waals surface area contributed by atoms with E-state index in [-0.39, 0.29) is 48.4 Å². The molecule has 1 saturated carbocycles. The number of benzene rings is 1. The van der Waals surface area contributed by atoms with E-state index in [0.29, 0.717) is 12.1 Å². The minimum absolute atomic E-state index is 0.0122. The Balaban J connectivity index is 1.36. The maximum Gasteiger partial charge on any atom is 0.435 e. The van der Waals surface area contributed by atoms with Crippen molar-refractivity contribution in [2.45, 2.75) is 63.2 Å². The quantitative estimate of drug-likeness (QED) is 0.111. The molecule has 0 radical (unpaired) electrons. The lowest BCUT2D eigenvalue weighted by Crippen LogP contribution is -2.40. The van der Waals surface area contributed by atoms with Gasteiger partial charge in [-0.05, 0) is 49.4 Å². The van der Waals surface area contributed by atoms with Crippen LogP contribution in [0.15, 0.2) is 30.3 Å². The van der Waals surface area contributed by atoms with Crippen molar-refractivity contribution in [1.29, 1.82) is 0 Å². The zero-order valence-electron chi connectivity index (χ0n) is 25.6. The monoisotopic (exact) mass is 742 g/mol. The lowest BCUT2D eigenvalue weighted by Gasteiger charge is -2.30. The van der Waals surface area contributed by atoms with Crippen LogP contribution in [0.25, 0.3) is 11.2 Å². The van der Waals surface area contributed by atoms with Crippen LogP contribution in [0.4, 0.5) is 59.9 Å². The largest absolute Gasteiger partial charge is 0.471 e. The molecule has 0 unspecified atom stereocenters. The van der Waals surface area contributed by atoms with Crippen LogP contribution < -0.4 is 20.7 Å². The fourth-order valence-electron chi connectivity index (χ4n) is 5.27. The highest BCUT2D eigenvalue weighted by atomic mass is 19.4. The number of fused-ring (bicyclic) bond motifs is 1. The first kappa shape index (κ1) is 37.1. The Morgan fingerprint density at radius 2 is 1.61 bits per heavy atom. The molecule has 5 rings (SSSR count). The number of carbonyl (C=O) groups excluding carboxylic acids is 2. The highest BCUT2D eigenvalue weighted by molar-refractivity contribution is 5.99. The van der Waals surface area contributed by atoms with Gasteiger partial charge >= 0.3 is 18.5 Å². The second kappa shape index (κ2) is 14.2. The van der Waals surface area contributed by atoms with Crippen LogP contribution in [-0.4, -0.2) is 62.2 Å². The Labute approximate surface area is 278 Å². The third-order valence-corrected chi connectivity index (χ3v) is 7.76. The number of amides is 2. The number of hydrogen-bond donors (Lipinski definition) is 5. The highest BCUT2D eigenvalue weighted by Gasteiger charge is 2.42. The number of nitrogens with zero attached hydrogens (tertiary/aromatic N) is 3. The SMILES string of the molecule is O=C(NCc1ccc(C(F)(F)F)c(Nc2nc3cc(C(=O)N[C@H]4CC[C@H](C(F)(F)F)CC4)c(OCC(F)F)nc3[nH]2)c1)c1cc(C(F)(F)F)n[nH]1. The maximum absolute atomic E-state index is 13.9. The van der Waals surface area contributed by atoms with Crippen molar-refractivity contribution >= 4 is 34.6 Å². The molecular formula is C29H25F11N8O3. The number of aromatic amines is 2. The van der Waals surface area contributed by atoms with Gasteiger partial charge in [0, 0.05) is 18.7 Å². The van der Waals surface area contributed by atoms with Crippen LogP contribution in [0.1, 0.15) is 63.4 Å². The van der Waals surface area contributed by atoms with Crippen molar-refractivity contribution < 1.29 is 62.6 Å². The molecule has 22 heteroatoms. The van der Waals surface area contributed by atoms with Crippen molar-refractivity contribution in [2.24, 2.45) is 5.92 Å². The summed E-state index contributed by atoms with van der Waals surface area (Å²) in [4.78, 5) is 36.1. The van der Waals surface area contributed by atoms with E-state index in [2.05, 4.69) is 36.0 Å². The topological polar surface area (TPSA) is 150 Å². The van der Waals surface area contributed by atoms with Crippen molar-refractivity contribution in [3.63, 3.8) is 0 Å². The van der Waals surface area contributed by atoms with Gasteiger partial charge < -0.3 is 25.7 Å². The van der Waals surface area contributed by atoms with E-state index < -0.39 is 96.0 Å². The number of nitrogens with one attached hydrogen (secondary N) is 5. The summed E-state index contributed by atoms with van der Waals surface area (Å²) in [6.45, 7) is -1.63. The van der Waals surface area contributed by atoms with Crippen LogP contribution in [-0.2, 0) is 18.9 Å². The van der Waals surface area contributed by atoms with Crippen LogP contribution in [0, 0.1) is 5.92 Å². The number of hydrogen-bond acceptors (Lipinski definition) is 7. The Kier molecular flexibility index (Phi) is 10.3. The first-order chi connectivity index (χ1) is 23.8. The summed E-state index contributed by atoms with van der Waals surface area (Å²) in [5.41, 5.74) is -4.41. The second-order valence-electron chi connectivity index (χ2n) is 11.4. The van der Waals surface area contributed by atoms with E-state index in [1.54, 1.807) is 0 Å². The molecule has 11 nitrogen and oxygen atoms in total. The first-order valence-corrected chi connectivity index (χ1v) is 14.8. The summed E-state index contributed by atoms with van der Waals surface area (Å²) in [5, 5.41) is 12.1. The molecule has 276 valence electrons. The molecule has 0 spiro atoms. The summed E-state index contributed by atoms with van der Waals surface area (Å²) < 4.78 is 150. The van der Waals surface area contributed by atoms with Crippen molar-refractivity contribution in [3.05, 3.63) is 58.4 Å². The lowest BCUT2D eigenvalue weighted by atomic mass is 9.85. The van der Waals surface area contributed by atoms with Gasteiger partial charge in [-0.3, -0.25) is 14.7 Å². The van der Waals surface area contributed by atoms with Gasteiger partial charge in [0.15, 0.2) is 17.9 Å². The van der Waals surface area contributed by atoms with Gasteiger partial charge in [-0.15, -0.1) is 0 Å². The Hall–Kier alpha value is -5.18.